The van der Waals surface area contributed by atoms with Crippen molar-refractivity contribution in [3.63, 3.8) is 0 Å². The second-order valence-electron chi connectivity index (χ2n) is 4.25. The molecule has 0 aliphatic heterocycles. The first-order chi connectivity index (χ1) is 8.56. The molecule has 0 atom stereocenters. The highest BCUT2D eigenvalue weighted by Crippen LogP contribution is 2.44. The normalized spacial score (nSPS) is 13.9. The van der Waals surface area contributed by atoms with Gasteiger partial charge in [-0.25, -0.2) is 0 Å². The van der Waals surface area contributed by atoms with Crippen LogP contribution in [0.5, 0.6) is 0 Å². The summed E-state index contributed by atoms with van der Waals surface area (Å²) >= 11 is 0. The Balaban J connectivity index is 4.04. The Morgan fingerprint density at radius 1 is 0.842 bits per heavy atom. The van der Waals surface area contributed by atoms with Crippen LogP contribution in [0.25, 0.3) is 0 Å². The van der Waals surface area contributed by atoms with Crippen LogP contribution in [0.4, 0.5) is 26.3 Å². The minimum absolute atomic E-state index is 0.0619. The van der Waals surface area contributed by atoms with Gasteiger partial charge >= 0.3 is 18.1 Å². The van der Waals surface area contributed by atoms with Crippen LogP contribution in [-0.4, -0.2) is 29.9 Å². The van der Waals surface area contributed by atoms with Crippen molar-refractivity contribution in [3.05, 3.63) is 0 Å². The monoisotopic (exact) mass is 296 g/mol. The number of hydrogen-bond donors (Lipinski definition) is 1. The predicted molar refractivity (Wildman–Crippen MR) is 56.4 cm³/mol. The highest BCUT2D eigenvalue weighted by molar-refractivity contribution is 4.84. The van der Waals surface area contributed by atoms with Gasteiger partial charge in [0.15, 0.2) is 0 Å². The third-order valence-electron chi connectivity index (χ3n) is 2.52. The summed E-state index contributed by atoms with van der Waals surface area (Å²) in [4.78, 5) is 0. The Bertz CT molecular complexity index is 252. The van der Waals surface area contributed by atoms with Crippen molar-refractivity contribution in [3.8, 4) is 0 Å². The predicted octanol–water partition coefficient (Wildman–Crippen LogP) is 4.18. The number of ether oxygens (including phenoxy) is 1. The summed E-state index contributed by atoms with van der Waals surface area (Å²) in [6, 6.07) is 0. The molecule has 0 spiro atoms. The standard InChI is InChI=1S/C11H18F6O2/c1-2-3-4-5-6-7-8-19-11(16,17)9(12,13)10(14,15)18/h18H,2-8H2,1H3. The van der Waals surface area contributed by atoms with Gasteiger partial charge in [-0.3, -0.25) is 0 Å². The lowest BCUT2D eigenvalue weighted by Crippen LogP contribution is -2.55. The fourth-order valence-electron chi connectivity index (χ4n) is 1.35. The number of hydrogen-bond acceptors (Lipinski definition) is 2. The number of alkyl halides is 6. The van der Waals surface area contributed by atoms with E-state index >= 15 is 0 Å². The first-order valence-electron chi connectivity index (χ1n) is 6.06. The second-order valence-corrected chi connectivity index (χ2v) is 4.25. The molecule has 0 aromatic carbocycles. The number of rotatable bonds is 10. The van der Waals surface area contributed by atoms with Crippen LogP contribution in [0.3, 0.4) is 0 Å². The van der Waals surface area contributed by atoms with Crippen LogP contribution >= 0.6 is 0 Å². The molecule has 0 aromatic heterocycles. The average molecular weight is 296 g/mol. The molecule has 0 aliphatic rings. The molecule has 0 heterocycles. The molecule has 0 saturated carbocycles. The number of halogens is 6. The topological polar surface area (TPSA) is 29.5 Å². The molecule has 2 nitrogen and oxygen atoms in total. The lowest BCUT2D eigenvalue weighted by atomic mass is 10.1. The van der Waals surface area contributed by atoms with Gasteiger partial charge in [0, 0.05) is 0 Å². The van der Waals surface area contributed by atoms with E-state index in [0.29, 0.717) is 6.42 Å². The molecule has 0 bridgehead atoms. The van der Waals surface area contributed by atoms with E-state index in [-0.39, 0.29) is 6.42 Å². The molecule has 0 fully saturated rings. The molecule has 0 unspecified atom stereocenters. The Labute approximate surface area is 107 Å². The zero-order valence-electron chi connectivity index (χ0n) is 10.6. The lowest BCUT2D eigenvalue weighted by Gasteiger charge is -2.28. The zero-order valence-corrected chi connectivity index (χ0v) is 10.6. The zero-order chi connectivity index (χ0) is 15.2. The summed E-state index contributed by atoms with van der Waals surface area (Å²) in [5.74, 6) is -5.96. The van der Waals surface area contributed by atoms with Gasteiger partial charge in [0.1, 0.15) is 0 Å². The van der Waals surface area contributed by atoms with Gasteiger partial charge in [0.2, 0.25) is 0 Å². The van der Waals surface area contributed by atoms with E-state index in [9.17, 15) is 26.3 Å². The molecule has 1 N–H and O–H groups in total. The van der Waals surface area contributed by atoms with Crippen LogP contribution in [0.2, 0.25) is 0 Å². The van der Waals surface area contributed by atoms with Gasteiger partial charge in [-0.15, -0.1) is 0 Å². The van der Waals surface area contributed by atoms with E-state index in [1.165, 1.54) is 0 Å². The van der Waals surface area contributed by atoms with Crippen molar-refractivity contribution in [2.24, 2.45) is 0 Å². The van der Waals surface area contributed by atoms with Crippen molar-refractivity contribution >= 4 is 0 Å². The fourth-order valence-corrected chi connectivity index (χ4v) is 1.35. The highest BCUT2D eigenvalue weighted by atomic mass is 19.4. The smallest absolute Gasteiger partial charge is 0.331 e. The van der Waals surface area contributed by atoms with Gasteiger partial charge < -0.3 is 9.84 Å². The highest BCUT2D eigenvalue weighted by Gasteiger charge is 2.73. The summed E-state index contributed by atoms with van der Waals surface area (Å²) in [5, 5.41) is 7.74. The van der Waals surface area contributed by atoms with E-state index in [0.717, 1.165) is 25.7 Å². The molecule has 19 heavy (non-hydrogen) atoms. The SMILES string of the molecule is CCCCCCCCOC(F)(F)C(F)(F)C(O)(F)F. The third kappa shape index (κ3) is 5.56. The summed E-state index contributed by atoms with van der Waals surface area (Å²) in [6.45, 7) is 1.21. The van der Waals surface area contributed by atoms with Crippen molar-refractivity contribution in [1.82, 2.24) is 0 Å². The number of unbranched alkanes of at least 4 members (excludes halogenated alkanes) is 5. The molecule has 8 heteroatoms. The van der Waals surface area contributed by atoms with Gasteiger partial charge in [0.25, 0.3) is 0 Å². The molecule has 0 rings (SSSR count). The summed E-state index contributed by atoms with van der Waals surface area (Å²) in [7, 11) is 0. The van der Waals surface area contributed by atoms with Crippen molar-refractivity contribution in [1.29, 1.82) is 0 Å². The van der Waals surface area contributed by atoms with Crippen molar-refractivity contribution in [2.45, 2.75) is 63.6 Å². The van der Waals surface area contributed by atoms with E-state index in [4.69, 9.17) is 5.11 Å². The fraction of sp³-hybridized carbons (Fsp3) is 1.00. The first kappa shape index (κ1) is 18.5. The van der Waals surface area contributed by atoms with Gasteiger partial charge in [0.05, 0.1) is 6.61 Å². The summed E-state index contributed by atoms with van der Waals surface area (Å²) < 4.78 is 77.9. The molecule has 0 amide bonds. The molecule has 0 saturated heterocycles. The van der Waals surface area contributed by atoms with E-state index in [1.54, 1.807) is 0 Å². The molecule has 0 radical (unpaired) electrons. The molecule has 0 aromatic rings. The van der Waals surface area contributed by atoms with Gasteiger partial charge in [-0.1, -0.05) is 39.0 Å². The molecular formula is C11H18F6O2. The van der Waals surface area contributed by atoms with Gasteiger partial charge in [-0.2, -0.15) is 26.3 Å². The maximum Gasteiger partial charge on any atom is 0.428 e. The Morgan fingerprint density at radius 3 is 1.79 bits per heavy atom. The van der Waals surface area contributed by atoms with Crippen molar-refractivity contribution < 1.29 is 36.2 Å². The van der Waals surface area contributed by atoms with Crippen molar-refractivity contribution in [2.75, 3.05) is 6.61 Å². The minimum Gasteiger partial charge on any atom is -0.331 e. The van der Waals surface area contributed by atoms with E-state index in [1.807, 2.05) is 6.92 Å². The maximum absolute atomic E-state index is 12.7. The first-order valence-corrected chi connectivity index (χ1v) is 6.06. The molecule has 116 valence electrons. The van der Waals surface area contributed by atoms with Crippen LogP contribution in [0, 0.1) is 0 Å². The van der Waals surface area contributed by atoms with E-state index < -0.39 is 24.7 Å². The summed E-state index contributed by atoms with van der Waals surface area (Å²) in [5.41, 5.74) is 0. The van der Waals surface area contributed by atoms with Crippen LogP contribution in [0.1, 0.15) is 45.4 Å². The summed E-state index contributed by atoms with van der Waals surface area (Å²) in [6.07, 6.45) is -7.11. The Morgan fingerprint density at radius 2 is 1.32 bits per heavy atom. The molecule has 0 aliphatic carbocycles. The minimum atomic E-state index is -5.96. The van der Waals surface area contributed by atoms with Crippen LogP contribution in [-0.2, 0) is 4.74 Å². The largest absolute Gasteiger partial charge is 0.428 e. The Kier molecular flexibility index (Phi) is 7.13. The quantitative estimate of drug-likeness (QED) is 0.484. The van der Waals surface area contributed by atoms with Gasteiger partial charge in [-0.05, 0) is 6.42 Å². The Hall–Kier alpha value is -0.500. The number of aliphatic hydroxyl groups is 1. The average Bonchev–Trinajstić information content (AvgIpc) is 2.26. The second kappa shape index (κ2) is 7.33. The van der Waals surface area contributed by atoms with Crippen LogP contribution in [0.15, 0.2) is 0 Å². The third-order valence-corrected chi connectivity index (χ3v) is 2.52. The lowest BCUT2D eigenvalue weighted by molar-refractivity contribution is -0.441. The molecular weight excluding hydrogens is 278 g/mol. The van der Waals surface area contributed by atoms with Crippen LogP contribution < -0.4 is 0 Å². The van der Waals surface area contributed by atoms with E-state index in [2.05, 4.69) is 4.74 Å². The maximum atomic E-state index is 12.7.